The number of hydrogen-bond acceptors (Lipinski definition) is 6. The van der Waals surface area contributed by atoms with Crippen LogP contribution in [0.2, 0.25) is 0 Å². The fourth-order valence-electron chi connectivity index (χ4n) is 1.92. The molecule has 0 saturated heterocycles. The molecular weight excluding hydrogens is 322 g/mol. The average Bonchev–Trinajstić information content (AvgIpc) is 2.51. The number of benzene rings is 1. The van der Waals surface area contributed by atoms with Gasteiger partial charge in [0.05, 0.1) is 5.56 Å². The summed E-state index contributed by atoms with van der Waals surface area (Å²) in [7, 11) is 0. The zero-order valence-corrected chi connectivity index (χ0v) is 15.3. The minimum atomic E-state index is -0.728. The van der Waals surface area contributed by atoms with Crippen LogP contribution in [0, 0.1) is 18.3 Å². The molecule has 25 heavy (non-hydrogen) atoms. The molecule has 0 saturated carbocycles. The van der Waals surface area contributed by atoms with Crippen LogP contribution < -0.4 is 15.4 Å². The monoisotopic (exact) mass is 349 g/mol. The molecule has 0 aromatic heterocycles. The molecule has 0 aliphatic rings. The van der Waals surface area contributed by atoms with Crippen molar-refractivity contribution >= 4 is 6.09 Å². The number of ether oxygens (including phenoxy) is 2. The summed E-state index contributed by atoms with van der Waals surface area (Å²) in [6.45, 7) is 8.56. The van der Waals surface area contributed by atoms with Crippen LogP contribution in [0.25, 0.3) is 0 Å². The smallest absolute Gasteiger partial charge is 0.407 e. The molecule has 1 amide bonds. The number of aliphatic hydroxyl groups excluding tert-OH is 1. The van der Waals surface area contributed by atoms with Gasteiger partial charge in [0.25, 0.3) is 0 Å². The second-order valence-corrected chi connectivity index (χ2v) is 6.71. The molecule has 138 valence electrons. The Bertz CT molecular complexity index is 605. The summed E-state index contributed by atoms with van der Waals surface area (Å²) in [4.78, 5) is 11.4. The maximum absolute atomic E-state index is 11.4. The first-order valence-electron chi connectivity index (χ1n) is 8.20. The van der Waals surface area contributed by atoms with Gasteiger partial charge in [0.2, 0.25) is 0 Å². The number of carbonyl (C=O) groups excluding carboxylic acids is 1. The number of rotatable bonds is 8. The Labute approximate surface area is 148 Å². The van der Waals surface area contributed by atoms with Crippen molar-refractivity contribution < 1.29 is 19.4 Å². The van der Waals surface area contributed by atoms with E-state index in [4.69, 9.17) is 14.7 Å². The number of aliphatic hydroxyl groups is 1. The van der Waals surface area contributed by atoms with Gasteiger partial charge in [0, 0.05) is 19.6 Å². The van der Waals surface area contributed by atoms with E-state index in [1.54, 1.807) is 32.9 Å². The molecule has 1 aromatic rings. The van der Waals surface area contributed by atoms with Gasteiger partial charge in [-0.15, -0.1) is 0 Å². The minimum absolute atomic E-state index is 0.0740. The van der Waals surface area contributed by atoms with Crippen molar-refractivity contribution in [1.29, 1.82) is 5.26 Å². The molecule has 0 fully saturated rings. The van der Waals surface area contributed by atoms with Crippen LogP contribution in [0.3, 0.4) is 0 Å². The first-order chi connectivity index (χ1) is 11.7. The number of aryl methyl sites for hydroxylation is 1. The highest BCUT2D eigenvalue weighted by Gasteiger charge is 2.15. The molecule has 3 N–H and O–H groups in total. The lowest BCUT2D eigenvalue weighted by Gasteiger charge is -2.19. The Morgan fingerprint density at radius 3 is 2.72 bits per heavy atom. The standard InChI is InChI=1S/C18H27N3O4/c1-13-5-6-14(10-19)16(9-13)24-12-15(22)11-20-7-8-21-17(23)25-18(2,3)4/h5-6,9,15,20,22H,7-8,11-12H2,1-4H3,(H,21,23)/t15-/m0/s1. The Balaban J connectivity index is 2.22. The van der Waals surface area contributed by atoms with Crippen LogP contribution in [-0.4, -0.2) is 49.1 Å². The van der Waals surface area contributed by atoms with Crippen molar-refractivity contribution in [2.45, 2.75) is 39.4 Å². The van der Waals surface area contributed by atoms with Gasteiger partial charge < -0.3 is 25.2 Å². The fourth-order valence-corrected chi connectivity index (χ4v) is 1.92. The van der Waals surface area contributed by atoms with E-state index < -0.39 is 17.8 Å². The predicted molar refractivity (Wildman–Crippen MR) is 94.5 cm³/mol. The summed E-state index contributed by atoms with van der Waals surface area (Å²) in [5, 5.41) is 24.6. The number of nitriles is 1. The topological polar surface area (TPSA) is 104 Å². The zero-order valence-electron chi connectivity index (χ0n) is 15.3. The van der Waals surface area contributed by atoms with Crippen molar-refractivity contribution in [3.05, 3.63) is 29.3 Å². The fraction of sp³-hybridized carbons (Fsp3) is 0.556. The van der Waals surface area contributed by atoms with Crippen LogP contribution in [0.5, 0.6) is 5.75 Å². The van der Waals surface area contributed by atoms with Gasteiger partial charge >= 0.3 is 6.09 Å². The van der Waals surface area contributed by atoms with Crippen molar-refractivity contribution in [2.24, 2.45) is 0 Å². The highest BCUT2D eigenvalue weighted by molar-refractivity contribution is 5.67. The number of amides is 1. The molecule has 0 spiro atoms. The van der Waals surface area contributed by atoms with Crippen molar-refractivity contribution in [1.82, 2.24) is 10.6 Å². The van der Waals surface area contributed by atoms with E-state index in [-0.39, 0.29) is 6.61 Å². The van der Waals surface area contributed by atoms with Crippen LogP contribution in [0.4, 0.5) is 4.79 Å². The molecule has 0 radical (unpaired) electrons. The van der Waals surface area contributed by atoms with E-state index in [1.807, 2.05) is 13.0 Å². The highest BCUT2D eigenvalue weighted by Crippen LogP contribution is 2.19. The summed E-state index contributed by atoms with van der Waals surface area (Å²) in [5.74, 6) is 0.466. The van der Waals surface area contributed by atoms with E-state index in [9.17, 15) is 9.90 Å². The number of carbonyl (C=O) groups is 1. The molecule has 0 bridgehead atoms. The number of nitrogens with one attached hydrogen (secondary N) is 2. The molecule has 7 heteroatoms. The molecule has 1 atom stereocenters. The second-order valence-electron chi connectivity index (χ2n) is 6.71. The summed E-state index contributed by atoms with van der Waals surface area (Å²) in [6.07, 6.45) is -1.20. The van der Waals surface area contributed by atoms with Crippen LogP contribution >= 0.6 is 0 Å². The number of nitrogens with zero attached hydrogens (tertiary/aromatic N) is 1. The summed E-state index contributed by atoms with van der Waals surface area (Å²) >= 11 is 0. The number of hydrogen-bond donors (Lipinski definition) is 3. The van der Waals surface area contributed by atoms with E-state index in [0.717, 1.165) is 5.56 Å². The second kappa shape index (κ2) is 9.87. The molecular formula is C18H27N3O4. The van der Waals surface area contributed by atoms with Crippen molar-refractivity contribution in [3.8, 4) is 11.8 Å². The molecule has 1 rings (SSSR count). The lowest BCUT2D eigenvalue weighted by molar-refractivity contribution is 0.0527. The molecule has 0 aliphatic carbocycles. The van der Waals surface area contributed by atoms with Gasteiger partial charge in [0.15, 0.2) is 0 Å². The molecule has 0 unspecified atom stereocenters. The van der Waals surface area contributed by atoms with E-state index >= 15 is 0 Å². The highest BCUT2D eigenvalue weighted by atomic mass is 16.6. The van der Waals surface area contributed by atoms with Gasteiger partial charge in [-0.2, -0.15) is 5.26 Å². The first kappa shape index (κ1) is 20.7. The first-order valence-corrected chi connectivity index (χ1v) is 8.20. The Morgan fingerprint density at radius 1 is 1.36 bits per heavy atom. The predicted octanol–water partition coefficient (Wildman–Crippen LogP) is 1.72. The zero-order chi connectivity index (χ0) is 18.9. The van der Waals surface area contributed by atoms with E-state index in [0.29, 0.717) is 30.9 Å². The Kier molecular flexibility index (Phi) is 8.19. The summed E-state index contributed by atoms with van der Waals surface area (Å²) in [6, 6.07) is 7.35. The van der Waals surface area contributed by atoms with Crippen molar-refractivity contribution in [2.75, 3.05) is 26.2 Å². The summed E-state index contributed by atoms with van der Waals surface area (Å²) < 4.78 is 10.6. The maximum atomic E-state index is 11.4. The molecule has 7 nitrogen and oxygen atoms in total. The lowest BCUT2D eigenvalue weighted by atomic mass is 10.1. The largest absolute Gasteiger partial charge is 0.489 e. The van der Waals surface area contributed by atoms with E-state index in [1.165, 1.54) is 0 Å². The normalized spacial score (nSPS) is 12.2. The third-order valence-electron chi connectivity index (χ3n) is 3.04. The summed E-state index contributed by atoms with van der Waals surface area (Å²) in [5.41, 5.74) is 0.894. The molecule has 0 aliphatic heterocycles. The van der Waals surface area contributed by atoms with Crippen LogP contribution in [-0.2, 0) is 4.74 Å². The van der Waals surface area contributed by atoms with Gasteiger partial charge in [-0.05, 0) is 45.4 Å². The average molecular weight is 349 g/mol. The van der Waals surface area contributed by atoms with E-state index in [2.05, 4.69) is 16.7 Å². The Hall–Kier alpha value is -2.30. The van der Waals surface area contributed by atoms with Gasteiger partial charge in [-0.25, -0.2) is 4.79 Å². The third-order valence-corrected chi connectivity index (χ3v) is 3.04. The van der Waals surface area contributed by atoms with Crippen LogP contribution in [0.1, 0.15) is 31.9 Å². The number of alkyl carbamates (subject to hydrolysis) is 1. The molecule has 0 heterocycles. The maximum Gasteiger partial charge on any atom is 0.407 e. The molecule has 1 aromatic carbocycles. The lowest BCUT2D eigenvalue weighted by Crippen LogP contribution is -2.39. The third kappa shape index (κ3) is 8.94. The minimum Gasteiger partial charge on any atom is -0.489 e. The van der Waals surface area contributed by atoms with Crippen molar-refractivity contribution in [3.63, 3.8) is 0 Å². The van der Waals surface area contributed by atoms with Gasteiger partial charge in [-0.3, -0.25) is 0 Å². The Morgan fingerprint density at radius 2 is 2.08 bits per heavy atom. The SMILES string of the molecule is Cc1ccc(C#N)c(OC[C@@H](O)CNCCNC(=O)OC(C)(C)C)c1. The van der Waals surface area contributed by atoms with Gasteiger partial charge in [-0.1, -0.05) is 6.07 Å². The van der Waals surface area contributed by atoms with Crippen LogP contribution in [0.15, 0.2) is 18.2 Å². The van der Waals surface area contributed by atoms with Gasteiger partial charge in [0.1, 0.15) is 30.1 Å². The quantitative estimate of drug-likeness (QED) is 0.618.